The third-order valence-electron chi connectivity index (χ3n) is 7.25. The average Bonchev–Trinajstić information content (AvgIpc) is 3.05. The van der Waals surface area contributed by atoms with Gasteiger partial charge in [-0.2, -0.15) is 0 Å². The van der Waals surface area contributed by atoms with Crippen LogP contribution in [0.1, 0.15) is 37.8 Å². The number of hydrogen-bond donors (Lipinski definition) is 1. The molecule has 0 aliphatic carbocycles. The summed E-state index contributed by atoms with van der Waals surface area (Å²) in [5.41, 5.74) is 1.87. The minimum absolute atomic E-state index is 0.0824. The zero-order chi connectivity index (χ0) is 33.1. The topological polar surface area (TPSA) is 124 Å². The number of aryl methyl sites for hydroxylation is 1. The molecule has 11 nitrogen and oxygen atoms in total. The highest BCUT2D eigenvalue weighted by atomic mass is 32.2. The lowest BCUT2D eigenvalue weighted by atomic mass is 10.1. The number of amides is 2. The normalized spacial score (nSPS) is 11.7. The second-order valence-electron chi connectivity index (χ2n) is 10.3. The van der Waals surface area contributed by atoms with Crippen LogP contribution in [0, 0.1) is 6.92 Å². The zero-order valence-electron chi connectivity index (χ0n) is 27.0. The minimum Gasteiger partial charge on any atom is -0.497 e. The van der Waals surface area contributed by atoms with Crippen molar-refractivity contribution in [1.29, 1.82) is 0 Å². The van der Waals surface area contributed by atoms with Gasteiger partial charge in [0.15, 0.2) is 11.5 Å². The van der Waals surface area contributed by atoms with Crippen molar-refractivity contribution in [3.05, 3.63) is 71.8 Å². The van der Waals surface area contributed by atoms with Crippen molar-refractivity contribution in [3.63, 3.8) is 0 Å². The first-order valence-corrected chi connectivity index (χ1v) is 16.1. The van der Waals surface area contributed by atoms with Gasteiger partial charge in [0.05, 0.1) is 39.0 Å². The highest BCUT2D eigenvalue weighted by molar-refractivity contribution is 7.92. The first kappa shape index (κ1) is 35.0. The molecule has 0 aliphatic heterocycles. The van der Waals surface area contributed by atoms with Crippen LogP contribution >= 0.6 is 0 Å². The molecule has 244 valence electrons. The van der Waals surface area contributed by atoms with Crippen LogP contribution < -0.4 is 28.6 Å². The van der Waals surface area contributed by atoms with E-state index in [0.29, 0.717) is 24.5 Å². The summed E-state index contributed by atoms with van der Waals surface area (Å²) in [6.45, 7) is 5.60. The van der Waals surface area contributed by atoms with E-state index in [2.05, 4.69) is 5.32 Å². The van der Waals surface area contributed by atoms with Crippen LogP contribution in [0.4, 0.5) is 5.69 Å². The van der Waals surface area contributed by atoms with Crippen molar-refractivity contribution in [2.24, 2.45) is 0 Å². The molecule has 0 spiro atoms. The van der Waals surface area contributed by atoms with E-state index in [4.69, 9.17) is 18.9 Å². The first-order valence-electron chi connectivity index (χ1n) is 14.6. The monoisotopic (exact) mass is 641 g/mol. The largest absolute Gasteiger partial charge is 0.497 e. The number of nitrogens with one attached hydrogen (secondary N) is 1. The predicted octanol–water partition coefficient (Wildman–Crippen LogP) is 4.56. The number of anilines is 1. The highest BCUT2D eigenvalue weighted by Gasteiger charge is 2.35. The lowest BCUT2D eigenvalue weighted by Crippen LogP contribution is -2.52. The van der Waals surface area contributed by atoms with Gasteiger partial charge < -0.3 is 29.2 Å². The van der Waals surface area contributed by atoms with E-state index >= 15 is 0 Å². The van der Waals surface area contributed by atoms with Gasteiger partial charge in [0.1, 0.15) is 24.1 Å². The molecule has 1 atom stereocenters. The summed E-state index contributed by atoms with van der Waals surface area (Å²) in [7, 11) is 1.28. The Morgan fingerprint density at radius 3 is 2.13 bits per heavy atom. The highest BCUT2D eigenvalue weighted by Crippen LogP contribution is 2.38. The van der Waals surface area contributed by atoms with E-state index in [9.17, 15) is 18.0 Å². The summed E-state index contributed by atoms with van der Waals surface area (Å²) in [6.07, 6.45) is 1.04. The molecule has 2 amide bonds. The Kier molecular flexibility index (Phi) is 12.5. The maximum atomic E-state index is 14.4. The van der Waals surface area contributed by atoms with Gasteiger partial charge in [-0.15, -0.1) is 0 Å². The maximum Gasteiger partial charge on any atom is 0.265 e. The van der Waals surface area contributed by atoms with Gasteiger partial charge in [-0.25, -0.2) is 8.42 Å². The Balaban J connectivity index is 2.19. The third-order valence-corrected chi connectivity index (χ3v) is 9.00. The molecule has 0 heterocycles. The van der Waals surface area contributed by atoms with Crippen LogP contribution in [-0.4, -0.2) is 72.7 Å². The van der Waals surface area contributed by atoms with Crippen LogP contribution in [0.3, 0.4) is 0 Å². The number of nitrogens with zero attached hydrogens (tertiary/aromatic N) is 2. The lowest BCUT2D eigenvalue weighted by molar-refractivity contribution is -0.140. The number of carbonyl (C=O) groups is 2. The first-order chi connectivity index (χ1) is 21.5. The Morgan fingerprint density at radius 1 is 0.844 bits per heavy atom. The molecule has 0 saturated carbocycles. The van der Waals surface area contributed by atoms with Crippen LogP contribution in [0.15, 0.2) is 65.6 Å². The van der Waals surface area contributed by atoms with Crippen LogP contribution in [-0.2, 0) is 26.2 Å². The van der Waals surface area contributed by atoms with Gasteiger partial charge in [0.2, 0.25) is 11.8 Å². The van der Waals surface area contributed by atoms with E-state index in [-0.39, 0.29) is 34.5 Å². The molecule has 1 N–H and O–H groups in total. The van der Waals surface area contributed by atoms with E-state index < -0.39 is 28.5 Å². The molecule has 0 saturated heterocycles. The molecule has 0 radical (unpaired) electrons. The van der Waals surface area contributed by atoms with Crippen LogP contribution in [0.5, 0.6) is 23.0 Å². The fraction of sp³-hybridized carbons (Fsp3) is 0.394. The summed E-state index contributed by atoms with van der Waals surface area (Å²) in [6, 6.07) is 15.6. The smallest absolute Gasteiger partial charge is 0.265 e. The summed E-state index contributed by atoms with van der Waals surface area (Å²) >= 11 is 0. The second kappa shape index (κ2) is 16.0. The van der Waals surface area contributed by atoms with Gasteiger partial charge in [-0.3, -0.25) is 13.9 Å². The summed E-state index contributed by atoms with van der Waals surface area (Å²) in [5.74, 6) is 0.198. The van der Waals surface area contributed by atoms with Crippen LogP contribution in [0.2, 0.25) is 0 Å². The van der Waals surface area contributed by atoms with Gasteiger partial charge in [-0.05, 0) is 49.6 Å². The number of sulfonamides is 1. The molecule has 12 heteroatoms. The van der Waals surface area contributed by atoms with Crippen molar-refractivity contribution in [2.45, 2.75) is 51.1 Å². The second-order valence-corrected chi connectivity index (χ2v) is 12.2. The number of ether oxygens (including phenoxy) is 4. The Bertz CT molecular complexity index is 1580. The number of rotatable bonds is 16. The fourth-order valence-corrected chi connectivity index (χ4v) is 6.33. The van der Waals surface area contributed by atoms with E-state index in [1.165, 1.54) is 57.6 Å². The average molecular weight is 642 g/mol. The molecule has 0 bridgehead atoms. The predicted molar refractivity (Wildman–Crippen MR) is 173 cm³/mol. The minimum atomic E-state index is -4.43. The van der Waals surface area contributed by atoms with E-state index in [1.54, 1.807) is 12.1 Å². The molecule has 0 fully saturated rings. The zero-order valence-corrected chi connectivity index (χ0v) is 27.8. The maximum absolute atomic E-state index is 14.4. The molecular formula is C33H43N3O8S. The number of carbonyl (C=O) groups excluding carboxylic acids is 2. The molecule has 0 unspecified atom stereocenters. The van der Waals surface area contributed by atoms with Gasteiger partial charge in [0.25, 0.3) is 10.0 Å². The molecule has 45 heavy (non-hydrogen) atoms. The molecule has 3 aromatic carbocycles. The van der Waals surface area contributed by atoms with Crippen LogP contribution in [0.25, 0.3) is 0 Å². The lowest BCUT2D eigenvalue weighted by Gasteiger charge is -2.33. The van der Waals surface area contributed by atoms with Crippen molar-refractivity contribution in [1.82, 2.24) is 10.2 Å². The third kappa shape index (κ3) is 8.39. The summed E-state index contributed by atoms with van der Waals surface area (Å²) in [4.78, 5) is 29.0. The summed E-state index contributed by atoms with van der Waals surface area (Å²) < 4.78 is 51.4. The van der Waals surface area contributed by atoms with E-state index in [0.717, 1.165) is 21.9 Å². The molecule has 0 aliphatic rings. The van der Waals surface area contributed by atoms with Gasteiger partial charge in [-0.1, -0.05) is 43.7 Å². The molecule has 0 aromatic heterocycles. The molecule has 3 rings (SSSR count). The summed E-state index contributed by atoms with van der Waals surface area (Å²) in [5, 5.41) is 2.89. The number of hydrogen-bond acceptors (Lipinski definition) is 8. The Morgan fingerprint density at radius 2 is 1.53 bits per heavy atom. The van der Waals surface area contributed by atoms with Crippen molar-refractivity contribution >= 4 is 27.5 Å². The SMILES string of the molecule is CCCNC(=O)[C@H](CC)N(Cc1cccc(C)c1)C(=O)CN(c1cc(OC)ccc1OC)S(=O)(=O)c1ccc(OC)c(OC)c1. The van der Waals surface area contributed by atoms with Crippen molar-refractivity contribution in [2.75, 3.05) is 45.8 Å². The van der Waals surface area contributed by atoms with Gasteiger partial charge in [0, 0.05) is 25.2 Å². The molecule has 3 aromatic rings. The van der Waals surface area contributed by atoms with E-state index in [1.807, 2.05) is 45.0 Å². The Labute approximate surface area is 266 Å². The molecular weight excluding hydrogens is 598 g/mol. The Hall–Kier alpha value is -4.45. The fourth-order valence-electron chi connectivity index (χ4n) is 4.90. The quantitative estimate of drug-likeness (QED) is 0.242. The number of methoxy groups -OCH3 is 4. The van der Waals surface area contributed by atoms with Crippen molar-refractivity contribution in [3.8, 4) is 23.0 Å². The van der Waals surface area contributed by atoms with Gasteiger partial charge >= 0.3 is 0 Å². The van der Waals surface area contributed by atoms with Crippen molar-refractivity contribution < 1.29 is 37.0 Å². The number of benzene rings is 3. The standard InChI is InChI=1S/C33H43N3O8S/c1-8-17-34-33(38)27(9-2)35(21-24-12-10-11-23(3)18-24)32(37)22-36(28-19-25(41-4)13-15-29(28)42-5)45(39,40)26-14-16-30(43-6)31(20-26)44-7/h10-16,18-20,27H,8-9,17,21-22H2,1-7H3,(H,34,38)/t27-/m0/s1.